The molecule has 0 amide bonds. The van der Waals surface area contributed by atoms with E-state index in [9.17, 15) is 10.1 Å². The van der Waals surface area contributed by atoms with E-state index in [0.29, 0.717) is 22.2 Å². The molecule has 1 rings (SSSR count). The molecule has 0 saturated heterocycles. The Morgan fingerprint density at radius 2 is 2.17 bits per heavy atom. The smallest absolute Gasteiger partial charge is 0.264 e. The molecule has 6 nitrogen and oxygen atoms in total. The summed E-state index contributed by atoms with van der Waals surface area (Å²) < 4.78 is 10.3. The molecule has 0 saturated carbocycles. The van der Waals surface area contributed by atoms with E-state index in [4.69, 9.17) is 9.47 Å². The van der Waals surface area contributed by atoms with Crippen molar-refractivity contribution in [3.63, 3.8) is 0 Å². The van der Waals surface area contributed by atoms with Crippen LogP contribution in [0.25, 0.3) is 0 Å². The van der Waals surface area contributed by atoms with Crippen LogP contribution in [0.4, 0.5) is 5.69 Å². The number of anilines is 1. The maximum Gasteiger partial charge on any atom is 0.264 e. The summed E-state index contributed by atoms with van der Waals surface area (Å²) in [5.74, 6) is 1.22. The van der Waals surface area contributed by atoms with Crippen molar-refractivity contribution in [1.29, 1.82) is 0 Å². The number of methoxy groups -OCH3 is 2. The van der Waals surface area contributed by atoms with Gasteiger partial charge in [-0.25, -0.2) is 0 Å². The van der Waals surface area contributed by atoms with Crippen LogP contribution in [0.15, 0.2) is 29.4 Å². The van der Waals surface area contributed by atoms with Gasteiger partial charge in [0.2, 0.25) is 0 Å². The predicted molar refractivity (Wildman–Crippen MR) is 71.8 cm³/mol. The van der Waals surface area contributed by atoms with Crippen molar-refractivity contribution in [1.82, 2.24) is 0 Å². The Morgan fingerprint density at radius 3 is 2.67 bits per heavy atom. The highest BCUT2D eigenvalue weighted by Crippen LogP contribution is 2.31. The lowest BCUT2D eigenvalue weighted by Gasteiger charge is -2.12. The first-order valence-electron chi connectivity index (χ1n) is 4.99. The summed E-state index contributed by atoms with van der Waals surface area (Å²) >= 11 is 1.24. The second-order valence-corrected chi connectivity index (χ2v) is 4.02. The van der Waals surface area contributed by atoms with Crippen LogP contribution in [0.3, 0.4) is 0 Å². The van der Waals surface area contributed by atoms with Crippen molar-refractivity contribution >= 4 is 17.4 Å². The van der Waals surface area contributed by atoms with E-state index in [1.54, 1.807) is 31.6 Å². The van der Waals surface area contributed by atoms with Crippen molar-refractivity contribution in [2.45, 2.75) is 0 Å². The minimum Gasteiger partial charge on any atom is -0.497 e. The molecule has 0 atom stereocenters. The highest BCUT2D eigenvalue weighted by Gasteiger charge is 2.08. The van der Waals surface area contributed by atoms with Crippen molar-refractivity contribution in [3.05, 3.63) is 39.5 Å². The largest absolute Gasteiger partial charge is 0.497 e. The van der Waals surface area contributed by atoms with E-state index in [1.165, 1.54) is 18.9 Å². The van der Waals surface area contributed by atoms with E-state index in [1.807, 2.05) is 0 Å². The summed E-state index contributed by atoms with van der Waals surface area (Å²) in [4.78, 5) is 9.95. The average Bonchev–Trinajstić information content (AvgIpc) is 2.37. The number of benzene rings is 1. The van der Waals surface area contributed by atoms with Crippen LogP contribution in [0.2, 0.25) is 0 Å². The highest BCUT2D eigenvalue weighted by atomic mass is 32.2. The molecule has 0 unspecified atom stereocenters. The molecule has 0 aliphatic carbocycles. The lowest BCUT2D eigenvalue weighted by molar-refractivity contribution is -0.402. The van der Waals surface area contributed by atoms with E-state index in [-0.39, 0.29) is 0 Å². The molecule has 1 aromatic carbocycles. The number of nitrogens with one attached hydrogen (secondary N) is 1. The van der Waals surface area contributed by atoms with Crippen LogP contribution in [0.5, 0.6) is 11.5 Å². The van der Waals surface area contributed by atoms with Gasteiger partial charge >= 0.3 is 0 Å². The predicted octanol–water partition coefficient (Wildman–Crippen LogP) is 2.55. The second kappa shape index (κ2) is 6.75. The molecule has 0 heterocycles. The molecule has 98 valence electrons. The third kappa shape index (κ3) is 3.85. The van der Waals surface area contributed by atoms with Crippen LogP contribution in [-0.2, 0) is 0 Å². The van der Waals surface area contributed by atoms with Crippen LogP contribution in [-0.4, -0.2) is 25.4 Å². The number of hydrogen-bond acceptors (Lipinski definition) is 6. The molecule has 0 bridgehead atoms. The number of nitro groups is 1. The first kappa shape index (κ1) is 14.2. The molecule has 7 heteroatoms. The van der Waals surface area contributed by atoms with Crippen molar-refractivity contribution in [2.24, 2.45) is 0 Å². The summed E-state index contributed by atoms with van der Waals surface area (Å²) in [6.07, 6.45) is 2.65. The summed E-state index contributed by atoms with van der Waals surface area (Å²) in [5, 5.41) is 13.8. The Kier molecular flexibility index (Phi) is 5.31. The van der Waals surface area contributed by atoms with Gasteiger partial charge in [0.25, 0.3) is 6.20 Å². The van der Waals surface area contributed by atoms with E-state index in [2.05, 4.69) is 5.32 Å². The zero-order chi connectivity index (χ0) is 13.5. The summed E-state index contributed by atoms with van der Waals surface area (Å²) in [6.45, 7) is 0. The van der Waals surface area contributed by atoms with Gasteiger partial charge in [0.05, 0.1) is 24.8 Å². The van der Waals surface area contributed by atoms with Crippen LogP contribution in [0.1, 0.15) is 0 Å². The van der Waals surface area contributed by atoms with Crippen molar-refractivity contribution in [3.8, 4) is 11.5 Å². The van der Waals surface area contributed by atoms with Crippen LogP contribution < -0.4 is 14.8 Å². The summed E-state index contributed by atoms with van der Waals surface area (Å²) in [6, 6.07) is 5.19. The molecule has 0 aromatic heterocycles. The monoisotopic (exact) mass is 270 g/mol. The Labute approximate surface area is 109 Å². The topological polar surface area (TPSA) is 73.6 Å². The van der Waals surface area contributed by atoms with Gasteiger partial charge in [-0.05, 0) is 18.4 Å². The maximum atomic E-state index is 10.5. The zero-order valence-electron chi connectivity index (χ0n) is 10.3. The van der Waals surface area contributed by atoms with Crippen molar-refractivity contribution < 1.29 is 14.4 Å². The van der Waals surface area contributed by atoms with E-state index >= 15 is 0 Å². The first-order chi connectivity index (χ1) is 8.60. The molecule has 0 aliphatic heterocycles. The van der Waals surface area contributed by atoms with Gasteiger partial charge in [-0.1, -0.05) is 0 Å². The minimum atomic E-state index is -0.508. The molecule has 1 aromatic rings. The first-order valence-corrected chi connectivity index (χ1v) is 6.21. The van der Waals surface area contributed by atoms with E-state index < -0.39 is 4.92 Å². The molecule has 0 fully saturated rings. The summed E-state index contributed by atoms with van der Waals surface area (Å²) in [7, 11) is 3.08. The quantitative estimate of drug-likeness (QED) is 0.632. The van der Waals surface area contributed by atoms with Gasteiger partial charge in [0, 0.05) is 6.07 Å². The van der Waals surface area contributed by atoms with Crippen molar-refractivity contribution in [2.75, 3.05) is 25.8 Å². The van der Waals surface area contributed by atoms with Gasteiger partial charge in [0.15, 0.2) is 0 Å². The van der Waals surface area contributed by atoms with Gasteiger partial charge in [-0.15, -0.1) is 11.8 Å². The SMILES string of the molecule is COc1ccc(OC)c(N/C(=C/[N+](=O)[O-])SC)c1. The van der Waals surface area contributed by atoms with Gasteiger partial charge in [0.1, 0.15) is 16.5 Å². The fourth-order valence-electron chi connectivity index (χ4n) is 1.28. The molecule has 0 radical (unpaired) electrons. The number of rotatable bonds is 6. The second-order valence-electron chi connectivity index (χ2n) is 3.17. The standard InChI is InChI=1S/C11H14N2O4S/c1-16-8-4-5-10(17-2)9(6-8)12-11(18-3)7-13(14)15/h4-7,12H,1-3H3/b11-7-. The number of hydrogen-bond donors (Lipinski definition) is 1. The zero-order valence-corrected chi connectivity index (χ0v) is 11.1. The maximum absolute atomic E-state index is 10.5. The molecular weight excluding hydrogens is 256 g/mol. The lowest BCUT2D eigenvalue weighted by Crippen LogP contribution is -2.01. The van der Waals surface area contributed by atoms with Gasteiger partial charge in [-0.2, -0.15) is 0 Å². The molecular formula is C11H14N2O4S. The van der Waals surface area contributed by atoms with Crippen LogP contribution >= 0.6 is 11.8 Å². The molecule has 1 N–H and O–H groups in total. The fraction of sp³-hybridized carbons (Fsp3) is 0.273. The van der Waals surface area contributed by atoms with Gasteiger partial charge < -0.3 is 14.8 Å². The van der Waals surface area contributed by atoms with Crippen LogP contribution in [0, 0.1) is 10.1 Å². The Morgan fingerprint density at radius 1 is 1.44 bits per heavy atom. The number of nitrogens with zero attached hydrogens (tertiary/aromatic N) is 1. The Balaban J connectivity index is 3.03. The molecule has 18 heavy (non-hydrogen) atoms. The van der Waals surface area contributed by atoms with E-state index in [0.717, 1.165) is 6.20 Å². The minimum absolute atomic E-state index is 0.409. The Hall–Kier alpha value is -1.89. The molecule has 0 aliphatic rings. The number of thioether (sulfide) groups is 1. The molecule has 0 spiro atoms. The fourth-order valence-corrected chi connectivity index (χ4v) is 1.68. The summed E-state index contributed by atoms with van der Waals surface area (Å²) in [5.41, 5.74) is 0.610. The lowest BCUT2D eigenvalue weighted by atomic mass is 10.2. The third-order valence-corrected chi connectivity index (χ3v) is 2.75. The Bertz CT molecular complexity index is 462. The normalized spacial score (nSPS) is 10.9. The number of ether oxygens (including phenoxy) is 2. The third-order valence-electron chi connectivity index (χ3n) is 2.11. The van der Waals surface area contributed by atoms with Gasteiger partial charge in [-0.3, -0.25) is 10.1 Å². The highest BCUT2D eigenvalue weighted by molar-refractivity contribution is 8.02. The average molecular weight is 270 g/mol.